The lowest BCUT2D eigenvalue weighted by Crippen LogP contribution is -2.41. The summed E-state index contributed by atoms with van der Waals surface area (Å²) >= 11 is 0. The van der Waals surface area contributed by atoms with Crippen molar-refractivity contribution in [1.29, 1.82) is 0 Å². The molecule has 1 aromatic carbocycles. The molecule has 18 heavy (non-hydrogen) atoms. The van der Waals surface area contributed by atoms with E-state index in [2.05, 4.69) is 12.1 Å². The second-order valence-electron chi connectivity index (χ2n) is 4.69. The molecule has 0 aliphatic carbocycles. The van der Waals surface area contributed by atoms with Crippen LogP contribution in [0.25, 0.3) is 0 Å². The monoisotopic (exact) mass is 270 g/mol. The smallest absolute Gasteiger partial charge is 0.148 e. The molecule has 1 rings (SSSR count). The maximum Gasteiger partial charge on any atom is 0.148 e. The van der Waals surface area contributed by atoms with Crippen molar-refractivity contribution in [2.45, 2.75) is 12.5 Å². The van der Waals surface area contributed by atoms with E-state index < -0.39 is 9.84 Å². The Kier molecular flexibility index (Phi) is 5.78. The van der Waals surface area contributed by atoms with Crippen LogP contribution < -0.4 is 5.73 Å². The predicted octanol–water partition coefficient (Wildman–Crippen LogP) is 0.533. The maximum absolute atomic E-state index is 11.1. The van der Waals surface area contributed by atoms with Crippen LogP contribution in [-0.4, -0.2) is 51.5 Å². The molecule has 4 nitrogen and oxygen atoms in total. The fraction of sp³-hybridized carbons (Fsp3) is 0.538. The minimum Gasteiger partial charge on any atom is -0.329 e. The van der Waals surface area contributed by atoms with E-state index >= 15 is 0 Å². The molecule has 2 N–H and O–H groups in total. The number of hydrogen-bond donors (Lipinski definition) is 1. The second kappa shape index (κ2) is 6.87. The third-order valence-electron chi connectivity index (χ3n) is 3.02. The van der Waals surface area contributed by atoms with Gasteiger partial charge in [-0.3, -0.25) is 0 Å². The Bertz CT molecular complexity index is 445. The van der Waals surface area contributed by atoms with Crippen LogP contribution in [0.3, 0.4) is 0 Å². The molecule has 0 aromatic heterocycles. The molecule has 0 aliphatic rings. The molecule has 0 saturated carbocycles. The van der Waals surface area contributed by atoms with Crippen molar-refractivity contribution in [3.63, 3.8) is 0 Å². The van der Waals surface area contributed by atoms with Crippen molar-refractivity contribution in [3.05, 3.63) is 35.9 Å². The van der Waals surface area contributed by atoms with Crippen molar-refractivity contribution in [2.75, 3.05) is 32.1 Å². The Labute approximate surface area is 110 Å². The van der Waals surface area contributed by atoms with Gasteiger partial charge in [0.25, 0.3) is 0 Å². The van der Waals surface area contributed by atoms with Crippen molar-refractivity contribution in [2.24, 2.45) is 5.73 Å². The van der Waals surface area contributed by atoms with Gasteiger partial charge in [0.15, 0.2) is 0 Å². The van der Waals surface area contributed by atoms with Crippen molar-refractivity contribution in [1.82, 2.24) is 4.90 Å². The molecule has 0 spiro atoms. The average Bonchev–Trinajstić information content (AvgIpc) is 2.33. The van der Waals surface area contributed by atoms with Gasteiger partial charge >= 0.3 is 0 Å². The molecule has 0 heterocycles. The Morgan fingerprint density at radius 1 is 1.28 bits per heavy atom. The molecule has 1 atom stereocenters. The molecule has 5 heteroatoms. The van der Waals surface area contributed by atoms with Gasteiger partial charge in [0.05, 0.1) is 5.75 Å². The van der Waals surface area contributed by atoms with Crippen LogP contribution in [0.4, 0.5) is 0 Å². The molecule has 0 amide bonds. The quantitative estimate of drug-likeness (QED) is 0.785. The van der Waals surface area contributed by atoms with Crippen molar-refractivity contribution < 1.29 is 8.42 Å². The van der Waals surface area contributed by atoms with E-state index in [9.17, 15) is 8.42 Å². The first-order valence-corrected chi connectivity index (χ1v) is 8.10. The standard InChI is InChI=1S/C13H22N2O2S/c1-15(8-9-18(2,16)17)13(11-14)10-12-6-4-3-5-7-12/h3-7,13H,8-11,14H2,1-2H3. The molecule has 0 radical (unpaired) electrons. The predicted molar refractivity (Wildman–Crippen MR) is 75.3 cm³/mol. The van der Waals surface area contributed by atoms with Crippen LogP contribution in [-0.2, 0) is 16.3 Å². The van der Waals surface area contributed by atoms with Crippen LogP contribution in [0, 0.1) is 0 Å². The second-order valence-corrected chi connectivity index (χ2v) is 6.95. The van der Waals surface area contributed by atoms with Crippen molar-refractivity contribution >= 4 is 9.84 Å². The lowest BCUT2D eigenvalue weighted by atomic mass is 10.1. The molecule has 0 saturated heterocycles. The fourth-order valence-corrected chi connectivity index (χ4v) is 2.42. The van der Waals surface area contributed by atoms with Crippen LogP contribution in [0.1, 0.15) is 5.56 Å². The summed E-state index contributed by atoms with van der Waals surface area (Å²) < 4.78 is 22.3. The molecule has 1 unspecified atom stereocenters. The third kappa shape index (κ3) is 5.62. The summed E-state index contributed by atoms with van der Waals surface area (Å²) in [7, 11) is -0.994. The summed E-state index contributed by atoms with van der Waals surface area (Å²) in [5, 5.41) is 0. The zero-order valence-electron chi connectivity index (χ0n) is 11.0. The Hall–Kier alpha value is -0.910. The van der Waals surface area contributed by atoms with Gasteiger partial charge in [0.2, 0.25) is 0 Å². The fourth-order valence-electron chi connectivity index (χ4n) is 1.80. The van der Waals surface area contributed by atoms with E-state index in [0.29, 0.717) is 13.1 Å². The van der Waals surface area contributed by atoms with Crippen LogP contribution >= 0.6 is 0 Å². The number of nitrogens with zero attached hydrogens (tertiary/aromatic N) is 1. The number of rotatable bonds is 7. The maximum atomic E-state index is 11.1. The minimum absolute atomic E-state index is 0.175. The highest BCUT2D eigenvalue weighted by Crippen LogP contribution is 2.07. The molecule has 102 valence electrons. The molecule has 1 aromatic rings. The van der Waals surface area contributed by atoms with Gasteiger partial charge in [0, 0.05) is 25.4 Å². The lowest BCUT2D eigenvalue weighted by Gasteiger charge is -2.26. The van der Waals surface area contributed by atoms with Gasteiger partial charge in [-0.05, 0) is 19.0 Å². The normalized spacial score (nSPS) is 13.8. The highest BCUT2D eigenvalue weighted by Gasteiger charge is 2.15. The highest BCUT2D eigenvalue weighted by molar-refractivity contribution is 7.90. The van der Waals surface area contributed by atoms with E-state index in [1.807, 2.05) is 30.1 Å². The van der Waals surface area contributed by atoms with Gasteiger partial charge in [-0.25, -0.2) is 8.42 Å². The minimum atomic E-state index is -2.92. The van der Waals surface area contributed by atoms with Gasteiger partial charge in [-0.15, -0.1) is 0 Å². The highest BCUT2D eigenvalue weighted by atomic mass is 32.2. The Morgan fingerprint density at radius 3 is 2.39 bits per heavy atom. The summed E-state index contributed by atoms with van der Waals surface area (Å²) in [4.78, 5) is 2.02. The Morgan fingerprint density at radius 2 is 1.89 bits per heavy atom. The third-order valence-corrected chi connectivity index (χ3v) is 3.95. The topological polar surface area (TPSA) is 63.4 Å². The summed E-state index contributed by atoms with van der Waals surface area (Å²) in [5.74, 6) is 0.175. The zero-order valence-corrected chi connectivity index (χ0v) is 11.9. The number of benzene rings is 1. The van der Waals surface area contributed by atoms with Crippen LogP contribution in [0.15, 0.2) is 30.3 Å². The van der Waals surface area contributed by atoms with Gasteiger partial charge in [0.1, 0.15) is 9.84 Å². The van der Waals surface area contributed by atoms with Gasteiger partial charge in [-0.2, -0.15) is 0 Å². The Balaban J connectivity index is 2.55. The zero-order chi connectivity index (χ0) is 13.6. The largest absolute Gasteiger partial charge is 0.329 e. The number of hydrogen-bond acceptors (Lipinski definition) is 4. The SMILES string of the molecule is CN(CCS(C)(=O)=O)C(CN)Cc1ccccc1. The molecule has 0 fully saturated rings. The van der Waals surface area contributed by atoms with Crippen LogP contribution in [0.5, 0.6) is 0 Å². The van der Waals surface area contributed by atoms with E-state index in [0.717, 1.165) is 6.42 Å². The number of nitrogens with two attached hydrogens (primary N) is 1. The molecule has 0 aliphatic heterocycles. The van der Waals surface area contributed by atoms with Gasteiger partial charge in [-0.1, -0.05) is 30.3 Å². The van der Waals surface area contributed by atoms with Crippen molar-refractivity contribution in [3.8, 4) is 0 Å². The average molecular weight is 270 g/mol. The first-order chi connectivity index (χ1) is 8.42. The van der Waals surface area contributed by atoms with Crippen LogP contribution in [0.2, 0.25) is 0 Å². The summed E-state index contributed by atoms with van der Waals surface area (Å²) in [6.45, 7) is 1.04. The van der Waals surface area contributed by atoms with E-state index in [4.69, 9.17) is 5.73 Å². The van der Waals surface area contributed by atoms with E-state index in [-0.39, 0.29) is 11.8 Å². The van der Waals surface area contributed by atoms with Gasteiger partial charge < -0.3 is 10.6 Å². The molecule has 0 bridgehead atoms. The first kappa shape index (κ1) is 15.1. The summed E-state index contributed by atoms with van der Waals surface area (Å²) in [6.07, 6.45) is 2.10. The lowest BCUT2D eigenvalue weighted by molar-refractivity contribution is 0.258. The summed E-state index contributed by atoms with van der Waals surface area (Å²) in [6, 6.07) is 10.3. The van der Waals surface area contributed by atoms with E-state index in [1.54, 1.807) is 0 Å². The number of sulfone groups is 1. The molecular weight excluding hydrogens is 248 g/mol. The summed E-state index contributed by atoms with van der Waals surface area (Å²) in [5.41, 5.74) is 6.99. The van der Waals surface area contributed by atoms with E-state index in [1.165, 1.54) is 11.8 Å². The first-order valence-electron chi connectivity index (χ1n) is 6.04. The molecular formula is C13H22N2O2S. The number of likely N-dealkylation sites (N-methyl/N-ethyl adjacent to an activating group) is 1.